The van der Waals surface area contributed by atoms with E-state index in [9.17, 15) is 47.4 Å². The number of allylic oxidation sites excluding steroid dienone is 2. The molecule has 131 heavy (non-hydrogen) atoms. The molecule has 2 aliphatic heterocycles. The normalized spacial score (nSPS) is 15.3. The maximum Gasteiger partial charge on any atom is 0.251 e. The van der Waals surface area contributed by atoms with E-state index in [4.69, 9.17) is 4.74 Å². The van der Waals surface area contributed by atoms with Crippen LogP contribution in [-0.2, 0) is 72.4 Å². The fourth-order valence-corrected chi connectivity index (χ4v) is 21.8. The van der Waals surface area contributed by atoms with E-state index in [0.29, 0.717) is 83.1 Å². The number of benzene rings is 8. The van der Waals surface area contributed by atoms with Crippen LogP contribution < -0.4 is 46.4 Å². The summed E-state index contributed by atoms with van der Waals surface area (Å²) in [7, 11) is -7.26. The highest BCUT2D eigenvalue weighted by Crippen LogP contribution is 2.50. The molecule has 3 amide bonds. The van der Waals surface area contributed by atoms with Crippen LogP contribution in [0.5, 0.6) is 17.2 Å². The van der Waals surface area contributed by atoms with Gasteiger partial charge in [0.15, 0.2) is 0 Å². The van der Waals surface area contributed by atoms with Gasteiger partial charge < -0.3 is 74.2 Å². The highest BCUT2D eigenvalue weighted by atomic mass is 32.2. The van der Waals surface area contributed by atoms with Crippen LogP contribution in [0.25, 0.3) is 16.7 Å². The Labute approximate surface area is 789 Å². The maximum atomic E-state index is 12.1. The number of likely N-dealkylation sites (N-methyl/N-ethyl adjacent to an activating group) is 1. The van der Waals surface area contributed by atoms with Gasteiger partial charge in [-0.25, -0.2) is 0 Å². The van der Waals surface area contributed by atoms with Crippen LogP contribution in [0.2, 0.25) is 0 Å². The number of phenolic OH excluding ortho intramolecular Hbond substituents is 2. The van der Waals surface area contributed by atoms with Crippen LogP contribution in [0.4, 0.5) is 17.1 Å². The first kappa shape index (κ1) is 109. The molecule has 0 saturated heterocycles. The fraction of sp³-hybridized carbons (Fsp3) is 0.453. The molecular weight excluding hydrogens is 1750 g/mol. The summed E-state index contributed by atoms with van der Waals surface area (Å²) in [5.41, 5.74) is 21.5. The Morgan fingerprint density at radius 3 is 1.78 bits per heavy atom. The van der Waals surface area contributed by atoms with Gasteiger partial charge in [-0.1, -0.05) is 141 Å². The van der Waals surface area contributed by atoms with Gasteiger partial charge in [-0.05, 0) is 308 Å². The third kappa shape index (κ3) is 36.9. The Kier molecular flexibility index (Phi) is 42.7. The fourth-order valence-electron chi connectivity index (χ4n) is 16.4. The van der Waals surface area contributed by atoms with Crippen LogP contribution in [0.1, 0.15) is 187 Å². The topological polar surface area (TPSA) is 266 Å². The monoisotopic (exact) mass is 1900 g/mol. The number of hydrogen-bond acceptors (Lipinski definition) is 17. The number of thioether (sulfide) groups is 1. The molecule has 0 bridgehead atoms. The zero-order valence-electron chi connectivity index (χ0n) is 82.5. The van der Waals surface area contributed by atoms with Crippen molar-refractivity contribution < 1.29 is 52.2 Å². The van der Waals surface area contributed by atoms with Crippen molar-refractivity contribution in [3.05, 3.63) is 260 Å². The largest absolute Gasteiger partial charge is 0.508 e. The van der Waals surface area contributed by atoms with E-state index in [1.165, 1.54) is 113 Å². The molecule has 3 unspecified atom stereocenters. The number of hydrogen-bond donors (Lipinski definition) is 7. The number of carbonyl (C=O) groups excluding carboxylic acids is 3. The van der Waals surface area contributed by atoms with Crippen LogP contribution in [0.3, 0.4) is 0 Å². The van der Waals surface area contributed by atoms with E-state index in [2.05, 4.69) is 199 Å². The quantitative estimate of drug-likeness (QED) is 0.0186. The van der Waals surface area contributed by atoms with Gasteiger partial charge in [0, 0.05) is 150 Å². The number of nitrogens with one attached hydrogen (secondary N) is 5. The van der Waals surface area contributed by atoms with Gasteiger partial charge in [0.05, 0.1) is 40.8 Å². The summed E-state index contributed by atoms with van der Waals surface area (Å²) in [6.07, 6.45) is 19.9. The van der Waals surface area contributed by atoms with E-state index in [0.717, 1.165) is 84.9 Å². The van der Waals surface area contributed by atoms with Crippen LogP contribution in [0, 0.1) is 33.6 Å². The maximum absolute atomic E-state index is 12.1. The smallest absolute Gasteiger partial charge is 0.251 e. The number of carbonyl (C=O) groups is 3. The van der Waals surface area contributed by atoms with E-state index in [1.807, 2.05) is 94.6 Å². The highest BCUT2D eigenvalue weighted by molar-refractivity contribution is 7.98. The van der Waals surface area contributed by atoms with Gasteiger partial charge in [-0.3, -0.25) is 19.4 Å². The van der Waals surface area contributed by atoms with Gasteiger partial charge in [0.2, 0.25) is 5.91 Å². The lowest BCUT2D eigenvalue weighted by Crippen LogP contribution is -2.48. The van der Waals surface area contributed by atoms with Crippen molar-refractivity contribution in [3.63, 3.8) is 0 Å². The second-order valence-electron chi connectivity index (χ2n) is 37.8. The SMILES string of the molecule is CC(=O)NC(C)(C)C1CCC(NCP(C)(C)=O)C1.CCCCN1CCCc2ccc(C)cc21.CCN1CCc2cc(C)ccc21.CCc1cccc(-c2cccc(P(C)(C)=O)c2)c1.CNC(=O)c1cc(NCc2cccc(CP(C)(C)=O)n2)cc(O)c1C.CNC(=O)c1cc(OCc2ccc(CP(C)(C)=O)cc2)cc(O)c1C.CSc1ccc(C2=CCC(P(C)(C)=O)CC2)cc1. The number of nitrogens with zero attached hydrogens (tertiary/aromatic N) is 3. The number of anilines is 3. The zero-order chi connectivity index (χ0) is 96.8. The van der Waals surface area contributed by atoms with E-state index >= 15 is 0 Å². The molecule has 3 atom stereocenters. The Morgan fingerprint density at radius 2 is 1.19 bits per heavy atom. The molecule has 1 saturated carbocycles. The van der Waals surface area contributed by atoms with Crippen molar-refractivity contribution in [3.8, 4) is 28.4 Å². The third-order valence-electron chi connectivity index (χ3n) is 24.0. The minimum atomic E-state index is -2.18. The molecule has 13 rings (SSSR count). The minimum Gasteiger partial charge on any atom is -0.508 e. The first-order chi connectivity index (χ1) is 61.6. The number of pyridine rings is 1. The number of aromatic hydroxyl groups is 2. The number of ether oxygens (including phenoxy) is 1. The minimum absolute atomic E-state index is 0.0214. The Bertz CT molecular complexity index is 5560. The summed E-state index contributed by atoms with van der Waals surface area (Å²) >= 11 is 1.77. The summed E-state index contributed by atoms with van der Waals surface area (Å²) in [6, 6.07) is 59.2. The van der Waals surface area contributed by atoms with Crippen molar-refractivity contribution in [1.29, 1.82) is 0 Å². The zero-order valence-corrected chi connectivity index (χ0v) is 87.7. The number of aryl methyl sites for hydroxylation is 4. The predicted molar refractivity (Wildman–Crippen MR) is 561 cm³/mol. The number of phenols is 2. The first-order valence-electron chi connectivity index (χ1n) is 46.1. The third-order valence-corrected chi connectivity index (χ3v) is 31.6. The standard InChI is InChI=1S/C19H24NO4P.C18H24N3O3P.C16H19OP.C15H21OPS.C14H21N.C13H27N2O2P.C11H15N/c1-13-17(19(22)20-2)9-16(10-18(13)21)24-11-14-5-7-15(8-6-14)12-25(3,4)23;1-12-16(18(23)19-2)8-15(9-17(12)22)20-10-13-6-5-7-14(21-13)11-25(3,4)24;1-4-13-7-5-8-14(11-13)15-9-6-10-16(12-15)18(2,3)17;1-17(2,16)14-8-4-12(5-9-14)13-6-10-15(18-3)11-7-13;1-3-4-9-15-10-5-6-13-8-7-12(2)11-14(13)15;1-10(16)15-13(2,3)11-6-7-12(8-11)14-9-18(4,5)17;1-3-12-7-6-10-8-9(2)4-5-11(10)12/h5-10,21H,11-12H2,1-4H3,(H,20,22);5-9,20,22H,10-11H2,1-4H3,(H,19,23);5-12H,4H2,1-3H3;4,6-7,10-11,14H,5,8-9H2,1-3H3;7-8,11H,3-6,9-10H2,1-2H3;11-12,14H,6-9H2,1-5H3,(H,15,16);4-5,8H,3,6-7H2,1-2H3. The van der Waals surface area contributed by atoms with Gasteiger partial charge in [0.1, 0.15) is 31.0 Å². The summed E-state index contributed by atoms with van der Waals surface area (Å²) in [5, 5.41) is 35.7. The molecule has 1 aromatic heterocycles. The summed E-state index contributed by atoms with van der Waals surface area (Å²) in [4.78, 5) is 45.8. The number of unbranched alkanes of at least 4 members (excludes halogenated alkanes) is 1. The molecule has 25 heteroatoms. The first-order valence-corrected chi connectivity index (χ1v) is 60.9. The van der Waals surface area contributed by atoms with Gasteiger partial charge >= 0.3 is 0 Å². The summed E-state index contributed by atoms with van der Waals surface area (Å²) in [5.74, 6) is 0.508. The second-order valence-corrected chi connectivity index (χ2v) is 55.9. The van der Waals surface area contributed by atoms with Crippen molar-refractivity contribution in [2.45, 2.75) is 194 Å². The average Bonchev–Trinajstić information content (AvgIpc) is 1.79. The molecule has 9 aromatic rings. The lowest BCUT2D eigenvalue weighted by molar-refractivity contribution is -0.121. The highest BCUT2D eigenvalue weighted by Gasteiger charge is 2.37. The Balaban J connectivity index is 0.000000211. The molecule has 712 valence electrons. The lowest BCUT2D eigenvalue weighted by Gasteiger charge is -2.32. The van der Waals surface area contributed by atoms with Gasteiger partial charge in [0.25, 0.3) is 11.8 Å². The molecule has 0 spiro atoms. The average molecular weight is 1900 g/mol. The van der Waals surface area contributed by atoms with E-state index in [1.54, 1.807) is 97.1 Å². The molecule has 4 aliphatic rings. The second kappa shape index (κ2) is 51.1. The Hall–Kier alpha value is -8.68. The molecule has 0 radical (unpaired) electrons. The number of rotatable bonds is 27. The Morgan fingerprint density at radius 1 is 0.580 bits per heavy atom. The van der Waals surface area contributed by atoms with Crippen molar-refractivity contribution in [2.24, 2.45) is 5.92 Å². The number of fused-ring (bicyclic) bond motifs is 2. The molecule has 3 heterocycles. The molecule has 1 fully saturated rings. The molecule has 2 aliphatic carbocycles. The van der Waals surface area contributed by atoms with E-state index < -0.39 is 35.7 Å². The van der Waals surface area contributed by atoms with Gasteiger partial charge in [-0.2, -0.15) is 0 Å². The van der Waals surface area contributed by atoms with Crippen LogP contribution in [-0.4, -0.2) is 170 Å². The van der Waals surface area contributed by atoms with Crippen molar-refractivity contribution >= 4 is 93.1 Å². The molecule has 8 aromatic carbocycles. The van der Waals surface area contributed by atoms with E-state index in [-0.39, 0.29) is 34.8 Å². The molecule has 7 N–H and O–H groups in total. The van der Waals surface area contributed by atoms with Gasteiger partial charge in [-0.15, -0.1) is 11.8 Å². The number of aromatic nitrogens is 1. The van der Waals surface area contributed by atoms with Crippen molar-refractivity contribution in [2.75, 3.05) is 135 Å². The lowest BCUT2D eigenvalue weighted by atomic mass is 9.86. The number of amides is 3. The predicted octanol–water partition coefficient (Wildman–Crippen LogP) is 24.2. The summed E-state index contributed by atoms with van der Waals surface area (Å²) in [6.45, 7) is 43.8. The van der Waals surface area contributed by atoms with Crippen molar-refractivity contribution in [1.82, 2.24) is 26.3 Å². The van der Waals surface area contributed by atoms with Crippen LogP contribution in [0.15, 0.2) is 187 Å². The molecule has 19 nitrogen and oxygen atoms in total. The van der Waals surface area contributed by atoms with Crippen LogP contribution >= 0.6 is 47.5 Å². The molecular formula is C106H151N8O11P5S. The summed E-state index contributed by atoms with van der Waals surface area (Å²) < 4.78 is 65.4.